The van der Waals surface area contributed by atoms with Crippen molar-refractivity contribution in [2.45, 2.75) is 32.9 Å². The van der Waals surface area contributed by atoms with Crippen LogP contribution in [0, 0.1) is 0 Å². The third-order valence-corrected chi connectivity index (χ3v) is 3.50. The first-order valence-electron chi connectivity index (χ1n) is 5.25. The van der Waals surface area contributed by atoms with Crippen molar-refractivity contribution in [3.63, 3.8) is 0 Å². The maximum absolute atomic E-state index is 5.45. The SMILES string of the molecule is CC(C)OCCCNCc1ccc(Br)s1. The highest BCUT2D eigenvalue weighted by atomic mass is 79.9. The van der Waals surface area contributed by atoms with Crippen molar-refractivity contribution in [1.82, 2.24) is 5.32 Å². The first-order valence-corrected chi connectivity index (χ1v) is 6.86. The third-order valence-electron chi connectivity index (χ3n) is 1.88. The van der Waals surface area contributed by atoms with E-state index < -0.39 is 0 Å². The minimum absolute atomic E-state index is 0.346. The van der Waals surface area contributed by atoms with Gasteiger partial charge in [-0.25, -0.2) is 0 Å². The Morgan fingerprint density at radius 3 is 2.87 bits per heavy atom. The molecule has 0 saturated heterocycles. The van der Waals surface area contributed by atoms with E-state index in [9.17, 15) is 0 Å². The molecule has 0 aliphatic carbocycles. The number of ether oxygens (including phenoxy) is 1. The van der Waals surface area contributed by atoms with E-state index in [0.29, 0.717) is 6.10 Å². The Labute approximate surface area is 104 Å². The fourth-order valence-corrected chi connectivity index (χ4v) is 2.63. The van der Waals surface area contributed by atoms with Crippen molar-refractivity contribution in [2.24, 2.45) is 0 Å². The van der Waals surface area contributed by atoms with Gasteiger partial charge < -0.3 is 10.1 Å². The van der Waals surface area contributed by atoms with Gasteiger partial charge in [0.05, 0.1) is 9.89 Å². The Kier molecular flexibility index (Phi) is 6.48. The van der Waals surface area contributed by atoms with Crippen LogP contribution in [-0.4, -0.2) is 19.3 Å². The van der Waals surface area contributed by atoms with Crippen molar-refractivity contribution in [3.05, 3.63) is 20.8 Å². The van der Waals surface area contributed by atoms with E-state index in [2.05, 4.69) is 47.2 Å². The van der Waals surface area contributed by atoms with Crippen LogP contribution in [0.3, 0.4) is 0 Å². The van der Waals surface area contributed by atoms with Crippen LogP contribution in [0.4, 0.5) is 0 Å². The minimum atomic E-state index is 0.346. The van der Waals surface area contributed by atoms with Crippen molar-refractivity contribution in [3.8, 4) is 0 Å². The molecule has 1 rings (SSSR count). The van der Waals surface area contributed by atoms with Gasteiger partial charge in [-0.15, -0.1) is 11.3 Å². The lowest BCUT2D eigenvalue weighted by Crippen LogP contribution is -2.16. The standard InChI is InChI=1S/C11H18BrNOS/c1-9(2)14-7-3-6-13-8-10-4-5-11(12)15-10/h4-5,9,13H,3,6-8H2,1-2H3. The predicted octanol–water partition coefficient (Wildman–Crippen LogP) is 3.42. The second-order valence-electron chi connectivity index (χ2n) is 3.66. The molecular formula is C11H18BrNOS. The Morgan fingerprint density at radius 1 is 1.47 bits per heavy atom. The summed E-state index contributed by atoms with van der Waals surface area (Å²) in [4.78, 5) is 1.37. The number of nitrogens with one attached hydrogen (secondary N) is 1. The molecule has 0 spiro atoms. The van der Waals surface area contributed by atoms with Crippen LogP contribution in [0.15, 0.2) is 15.9 Å². The van der Waals surface area contributed by atoms with Crippen LogP contribution in [0.2, 0.25) is 0 Å². The molecule has 1 aromatic heterocycles. The lowest BCUT2D eigenvalue weighted by atomic mass is 10.4. The summed E-state index contributed by atoms with van der Waals surface area (Å²) in [5.41, 5.74) is 0. The highest BCUT2D eigenvalue weighted by Gasteiger charge is 1.97. The van der Waals surface area contributed by atoms with Crippen LogP contribution in [0.25, 0.3) is 0 Å². The van der Waals surface area contributed by atoms with E-state index in [1.807, 2.05) is 0 Å². The number of hydrogen-bond donors (Lipinski definition) is 1. The molecule has 0 unspecified atom stereocenters. The summed E-state index contributed by atoms with van der Waals surface area (Å²) in [7, 11) is 0. The Morgan fingerprint density at radius 2 is 2.27 bits per heavy atom. The number of rotatable bonds is 7. The average molecular weight is 292 g/mol. The van der Waals surface area contributed by atoms with E-state index in [0.717, 1.165) is 26.1 Å². The summed E-state index contributed by atoms with van der Waals surface area (Å²) in [6.07, 6.45) is 1.42. The molecule has 1 aromatic rings. The highest BCUT2D eigenvalue weighted by Crippen LogP contribution is 2.21. The summed E-state index contributed by atoms with van der Waals surface area (Å²) in [6.45, 7) is 6.95. The smallest absolute Gasteiger partial charge is 0.0701 e. The monoisotopic (exact) mass is 291 g/mol. The maximum atomic E-state index is 5.45. The van der Waals surface area contributed by atoms with Gasteiger partial charge in [-0.1, -0.05) is 0 Å². The average Bonchev–Trinajstić information content (AvgIpc) is 2.57. The van der Waals surface area contributed by atoms with Crippen molar-refractivity contribution in [2.75, 3.05) is 13.2 Å². The molecule has 0 amide bonds. The first-order chi connectivity index (χ1) is 7.18. The largest absolute Gasteiger partial charge is 0.379 e. The molecule has 1 heterocycles. The van der Waals surface area contributed by atoms with E-state index in [1.54, 1.807) is 11.3 Å². The van der Waals surface area contributed by atoms with E-state index >= 15 is 0 Å². The molecule has 0 aromatic carbocycles. The molecule has 1 N–H and O–H groups in total. The molecule has 0 saturated carbocycles. The van der Waals surface area contributed by atoms with Crippen LogP contribution in [0.5, 0.6) is 0 Å². The molecule has 4 heteroatoms. The second-order valence-corrected chi connectivity index (χ2v) is 6.20. The van der Waals surface area contributed by atoms with Gasteiger partial charge in [0.1, 0.15) is 0 Å². The zero-order valence-corrected chi connectivity index (χ0v) is 11.7. The lowest BCUT2D eigenvalue weighted by molar-refractivity contribution is 0.0770. The molecule has 15 heavy (non-hydrogen) atoms. The third kappa shape index (κ3) is 6.30. The normalized spacial score (nSPS) is 11.2. The van der Waals surface area contributed by atoms with Gasteiger partial charge in [0, 0.05) is 18.0 Å². The molecule has 0 atom stereocenters. The molecule has 0 radical (unpaired) electrons. The summed E-state index contributed by atoms with van der Waals surface area (Å²) in [5, 5.41) is 3.40. The fourth-order valence-electron chi connectivity index (χ4n) is 1.17. The predicted molar refractivity (Wildman–Crippen MR) is 69.4 cm³/mol. The summed E-state index contributed by atoms with van der Waals surface area (Å²) in [5.74, 6) is 0. The zero-order valence-electron chi connectivity index (χ0n) is 9.25. The zero-order chi connectivity index (χ0) is 11.1. The molecule has 86 valence electrons. The molecule has 0 bridgehead atoms. The van der Waals surface area contributed by atoms with Crippen LogP contribution < -0.4 is 5.32 Å². The first kappa shape index (κ1) is 13.2. The molecular weight excluding hydrogens is 274 g/mol. The summed E-state index contributed by atoms with van der Waals surface area (Å²) >= 11 is 5.23. The number of halogens is 1. The maximum Gasteiger partial charge on any atom is 0.0701 e. The number of hydrogen-bond acceptors (Lipinski definition) is 3. The van der Waals surface area contributed by atoms with Gasteiger partial charge in [0.25, 0.3) is 0 Å². The second kappa shape index (κ2) is 7.39. The van der Waals surface area contributed by atoms with Crippen molar-refractivity contribution < 1.29 is 4.74 Å². The Hall–Kier alpha value is 0.1000. The van der Waals surface area contributed by atoms with Crippen molar-refractivity contribution >= 4 is 27.3 Å². The number of thiophene rings is 1. The van der Waals surface area contributed by atoms with Gasteiger partial charge >= 0.3 is 0 Å². The van der Waals surface area contributed by atoms with Gasteiger partial charge in [0.2, 0.25) is 0 Å². The van der Waals surface area contributed by atoms with Gasteiger partial charge in [-0.2, -0.15) is 0 Å². The van der Waals surface area contributed by atoms with Gasteiger partial charge in [0.15, 0.2) is 0 Å². The highest BCUT2D eigenvalue weighted by molar-refractivity contribution is 9.11. The Bertz CT molecular complexity index is 275. The van der Waals surface area contributed by atoms with Crippen molar-refractivity contribution in [1.29, 1.82) is 0 Å². The van der Waals surface area contributed by atoms with Crippen LogP contribution >= 0.6 is 27.3 Å². The van der Waals surface area contributed by atoms with E-state index in [-0.39, 0.29) is 0 Å². The fraction of sp³-hybridized carbons (Fsp3) is 0.636. The minimum Gasteiger partial charge on any atom is -0.379 e. The van der Waals surface area contributed by atoms with Gasteiger partial charge in [-0.3, -0.25) is 0 Å². The summed E-state index contributed by atoms with van der Waals surface area (Å²) < 4.78 is 6.65. The van der Waals surface area contributed by atoms with Gasteiger partial charge in [-0.05, 0) is 54.9 Å². The van der Waals surface area contributed by atoms with Crippen LogP contribution in [-0.2, 0) is 11.3 Å². The summed E-state index contributed by atoms with van der Waals surface area (Å²) in [6, 6.07) is 4.23. The molecule has 0 aliphatic rings. The molecule has 2 nitrogen and oxygen atoms in total. The quantitative estimate of drug-likeness (QED) is 0.778. The molecule has 0 fully saturated rings. The lowest BCUT2D eigenvalue weighted by Gasteiger charge is -2.07. The topological polar surface area (TPSA) is 21.3 Å². The Balaban J connectivity index is 1.98. The molecule has 0 aliphatic heterocycles. The van der Waals surface area contributed by atoms with Crippen LogP contribution in [0.1, 0.15) is 25.1 Å². The van der Waals surface area contributed by atoms with E-state index in [4.69, 9.17) is 4.74 Å². The van der Waals surface area contributed by atoms with E-state index in [1.165, 1.54) is 8.66 Å².